The van der Waals surface area contributed by atoms with Crippen molar-refractivity contribution >= 4 is 34.1 Å². The maximum Gasteiger partial charge on any atom is 0.237 e. The highest BCUT2D eigenvalue weighted by Crippen LogP contribution is 2.29. The number of para-hydroxylation sites is 1. The van der Waals surface area contributed by atoms with Crippen LogP contribution in [0.4, 0.5) is 5.69 Å². The molecule has 5 rings (SSSR count). The molecule has 1 aliphatic rings. The zero-order chi connectivity index (χ0) is 20.5. The van der Waals surface area contributed by atoms with Crippen LogP contribution in [-0.4, -0.2) is 33.0 Å². The Balaban J connectivity index is 1.29. The van der Waals surface area contributed by atoms with Crippen molar-refractivity contribution in [1.82, 2.24) is 14.8 Å². The zero-order valence-corrected chi connectivity index (χ0v) is 17.6. The van der Waals surface area contributed by atoms with Gasteiger partial charge in [0.05, 0.1) is 5.75 Å². The third kappa shape index (κ3) is 3.48. The van der Waals surface area contributed by atoms with E-state index in [9.17, 15) is 4.79 Å². The van der Waals surface area contributed by atoms with Crippen molar-refractivity contribution in [2.45, 2.75) is 18.0 Å². The lowest BCUT2D eigenvalue weighted by molar-refractivity contribution is -0.116. The first kappa shape index (κ1) is 18.9. The summed E-state index contributed by atoms with van der Waals surface area (Å²) in [5, 5.41) is 12.0. The third-order valence-electron chi connectivity index (χ3n) is 5.67. The van der Waals surface area contributed by atoms with Gasteiger partial charge in [-0.15, -0.1) is 10.2 Å². The average Bonchev–Trinajstić information content (AvgIpc) is 3.36. The number of anilines is 1. The van der Waals surface area contributed by atoms with E-state index in [1.165, 1.54) is 33.7 Å². The molecule has 2 heterocycles. The Hall–Kier alpha value is -3.12. The fourth-order valence-corrected chi connectivity index (χ4v) is 4.85. The van der Waals surface area contributed by atoms with E-state index in [0.29, 0.717) is 12.2 Å². The van der Waals surface area contributed by atoms with Crippen molar-refractivity contribution in [2.24, 2.45) is 7.05 Å². The van der Waals surface area contributed by atoms with E-state index in [1.54, 1.807) is 0 Å². The summed E-state index contributed by atoms with van der Waals surface area (Å²) in [6.07, 6.45) is 1.63. The molecule has 0 spiro atoms. The van der Waals surface area contributed by atoms with Gasteiger partial charge in [0, 0.05) is 25.7 Å². The topological polar surface area (TPSA) is 51.0 Å². The Bertz CT molecular complexity index is 1230. The van der Waals surface area contributed by atoms with E-state index in [4.69, 9.17) is 0 Å². The molecule has 3 aromatic carbocycles. The van der Waals surface area contributed by atoms with Crippen LogP contribution in [0.1, 0.15) is 17.0 Å². The minimum absolute atomic E-state index is 0.114. The Labute approximate surface area is 179 Å². The molecule has 0 radical (unpaired) electrons. The smallest absolute Gasteiger partial charge is 0.237 e. The summed E-state index contributed by atoms with van der Waals surface area (Å²) in [5.74, 6) is 1.37. The number of carbonyl (C=O) groups is 1. The summed E-state index contributed by atoms with van der Waals surface area (Å²) < 4.78 is 2.00. The molecular formula is C24H22N4OS. The van der Waals surface area contributed by atoms with Crippen molar-refractivity contribution in [3.8, 4) is 0 Å². The minimum Gasteiger partial charge on any atom is -0.311 e. The number of nitrogens with zero attached hydrogens (tertiary/aromatic N) is 4. The number of benzene rings is 3. The fraction of sp³-hybridized carbons (Fsp3) is 0.208. The van der Waals surface area contributed by atoms with Crippen molar-refractivity contribution < 1.29 is 4.79 Å². The quantitative estimate of drug-likeness (QED) is 0.459. The number of aromatic nitrogens is 3. The van der Waals surface area contributed by atoms with Crippen molar-refractivity contribution in [1.29, 1.82) is 0 Å². The van der Waals surface area contributed by atoms with Crippen LogP contribution in [0.2, 0.25) is 0 Å². The van der Waals surface area contributed by atoms with Crippen LogP contribution < -0.4 is 4.90 Å². The van der Waals surface area contributed by atoms with Crippen LogP contribution in [-0.2, 0) is 24.7 Å². The van der Waals surface area contributed by atoms with Gasteiger partial charge in [-0.05, 0) is 34.4 Å². The monoisotopic (exact) mass is 414 g/mol. The highest BCUT2D eigenvalue weighted by Gasteiger charge is 2.24. The second kappa shape index (κ2) is 7.95. The molecule has 0 bridgehead atoms. The number of hydrogen-bond acceptors (Lipinski definition) is 4. The zero-order valence-electron chi connectivity index (χ0n) is 16.8. The number of hydrogen-bond donors (Lipinski definition) is 0. The van der Waals surface area contributed by atoms with Crippen LogP contribution in [0.5, 0.6) is 0 Å². The minimum atomic E-state index is 0.114. The fourth-order valence-electron chi connectivity index (χ4n) is 4.04. The van der Waals surface area contributed by atoms with Gasteiger partial charge >= 0.3 is 0 Å². The first-order valence-electron chi connectivity index (χ1n) is 10.1. The number of rotatable bonds is 5. The highest BCUT2D eigenvalue weighted by atomic mass is 32.2. The normalized spacial score (nSPS) is 13.0. The Kier molecular flexibility index (Phi) is 5.01. The molecule has 1 aliphatic heterocycles. The lowest BCUT2D eigenvalue weighted by Gasteiger charge is -2.16. The van der Waals surface area contributed by atoms with E-state index < -0.39 is 0 Å². The molecule has 150 valence electrons. The molecule has 1 amide bonds. The second-order valence-electron chi connectivity index (χ2n) is 7.49. The Morgan fingerprint density at radius 3 is 2.73 bits per heavy atom. The number of amides is 1. The molecule has 4 aromatic rings. The molecule has 0 atom stereocenters. The molecule has 0 N–H and O–H groups in total. The molecule has 0 unspecified atom stereocenters. The largest absolute Gasteiger partial charge is 0.311 e. The molecule has 0 saturated carbocycles. The lowest BCUT2D eigenvalue weighted by Crippen LogP contribution is -2.30. The van der Waals surface area contributed by atoms with Crippen LogP contribution in [0.25, 0.3) is 10.8 Å². The van der Waals surface area contributed by atoms with Crippen LogP contribution in [0.15, 0.2) is 71.9 Å². The van der Waals surface area contributed by atoms with Gasteiger partial charge in [-0.25, -0.2) is 0 Å². The Morgan fingerprint density at radius 2 is 1.80 bits per heavy atom. The third-order valence-corrected chi connectivity index (χ3v) is 6.67. The van der Waals surface area contributed by atoms with Crippen molar-refractivity contribution in [2.75, 3.05) is 17.2 Å². The molecule has 1 aromatic heterocycles. The predicted molar refractivity (Wildman–Crippen MR) is 121 cm³/mol. The summed E-state index contributed by atoms with van der Waals surface area (Å²) in [7, 11) is 1.97. The first-order chi connectivity index (χ1) is 14.7. The van der Waals surface area contributed by atoms with Crippen molar-refractivity contribution in [3.05, 3.63) is 83.7 Å². The standard InChI is InChI=1S/C24H22N4OS/c1-27-22(15-19-10-6-9-17-7-2-4-11-20(17)19)25-26-24(27)30-16-23(29)28-14-13-18-8-3-5-12-21(18)28/h2-12H,13-16H2,1H3. The van der Waals surface area contributed by atoms with E-state index >= 15 is 0 Å². The van der Waals surface area contributed by atoms with Crippen LogP contribution >= 0.6 is 11.8 Å². The molecule has 6 heteroatoms. The SMILES string of the molecule is Cn1c(Cc2cccc3ccccc23)nnc1SCC(=O)N1CCc2ccccc21. The van der Waals surface area contributed by atoms with Crippen molar-refractivity contribution in [3.63, 3.8) is 0 Å². The molecule has 0 saturated heterocycles. The summed E-state index contributed by atoms with van der Waals surface area (Å²) in [6, 6.07) is 22.9. The summed E-state index contributed by atoms with van der Waals surface area (Å²) in [4.78, 5) is 14.7. The molecule has 0 aliphatic carbocycles. The molecular weight excluding hydrogens is 392 g/mol. The maximum absolute atomic E-state index is 12.8. The summed E-state index contributed by atoms with van der Waals surface area (Å²) in [6.45, 7) is 0.754. The average molecular weight is 415 g/mol. The van der Waals surface area contributed by atoms with Crippen LogP contribution in [0, 0.1) is 0 Å². The van der Waals surface area contributed by atoms with E-state index in [-0.39, 0.29) is 5.91 Å². The van der Waals surface area contributed by atoms with Gasteiger partial charge < -0.3 is 9.47 Å². The first-order valence-corrected chi connectivity index (χ1v) is 11.1. The van der Waals surface area contributed by atoms with Gasteiger partial charge in [0.15, 0.2) is 5.16 Å². The number of thioether (sulfide) groups is 1. The maximum atomic E-state index is 12.8. The molecule has 0 fully saturated rings. The number of fused-ring (bicyclic) bond motifs is 2. The van der Waals surface area contributed by atoms with Gasteiger partial charge in [-0.3, -0.25) is 4.79 Å². The van der Waals surface area contributed by atoms with Gasteiger partial charge in [0.25, 0.3) is 0 Å². The van der Waals surface area contributed by atoms with Crippen LogP contribution in [0.3, 0.4) is 0 Å². The molecule has 30 heavy (non-hydrogen) atoms. The lowest BCUT2D eigenvalue weighted by atomic mass is 10.0. The van der Waals surface area contributed by atoms with Gasteiger partial charge in [-0.2, -0.15) is 0 Å². The summed E-state index contributed by atoms with van der Waals surface area (Å²) >= 11 is 1.45. The highest BCUT2D eigenvalue weighted by molar-refractivity contribution is 7.99. The van der Waals surface area contributed by atoms with Gasteiger partial charge in [0.1, 0.15) is 5.82 Å². The second-order valence-corrected chi connectivity index (χ2v) is 8.43. The van der Waals surface area contributed by atoms with E-state index in [0.717, 1.165) is 29.6 Å². The Morgan fingerprint density at radius 1 is 1.00 bits per heavy atom. The van der Waals surface area contributed by atoms with Gasteiger partial charge in [-0.1, -0.05) is 72.4 Å². The predicted octanol–water partition coefficient (Wildman–Crippen LogP) is 4.24. The van der Waals surface area contributed by atoms with Gasteiger partial charge in [0.2, 0.25) is 5.91 Å². The van der Waals surface area contributed by atoms with E-state index in [1.807, 2.05) is 34.7 Å². The summed E-state index contributed by atoms with van der Waals surface area (Å²) in [5.41, 5.74) is 3.51. The molecule has 5 nitrogen and oxygen atoms in total. The van der Waals surface area contributed by atoms with E-state index in [2.05, 4.69) is 58.7 Å². The number of carbonyl (C=O) groups excluding carboxylic acids is 1.